The van der Waals surface area contributed by atoms with Crippen molar-refractivity contribution in [2.24, 2.45) is 0 Å². The van der Waals surface area contributed by atoms with E-state index in [1.807, 2.05) is 44.2 Å². The maximum atomic E-state index is 12.5. The van der Waals surface area contributed by atoms with Gasteiger partial charge in [-0.05, 0) is 44.2 Å². The van der Waals surface area contributed by atoms with Gasteiger partial charge in [0.05, 0.1) is 5.52 Å². The number of carbonyl (C=O) groups is 3. The van der Waals surface area contributed by atoms with Gasteiger partial charge in [-0.25, -0.2) is 4.79 Å². The Hall–Kier alpha value is -4.00. The molecule has 0 bridgehead atoms. The predicted molar refractivity (Wildman–Crippen MR) is 124 cm³/mol. The molecule has 164 valence electrons. The van der Waals surface area contributed by atoms with Crippen LogP contribution >= 0.6 is 0 Å². The lowest BCUT2D eigenvalue weighted by atomic mass is 10.1. The smallest absolute Gasteiger partial charge is 0.331 e. The number of para-hydroxylation sites is 1. The Labute approximate surface area is 186 Å². The van der Waals surface area contributed by atoms with Crippen LogP contribution in [0.25, 0.3) is 17.0 Å². The molecule has 1 aromatic heterocycles. The molecule has 32 heavy (non-hydrogen) atoms. The SMILES string of the molecule is CCN(CC)C(=O)c1cccc(NC(=O)COC(=O)/C=C/c2cccc3cccnc23)c1. The number of amides is 2. The van der Waals surface area contributed by atoms with Gasteiger partial charge >= 0.3 is 5.97 Å². The van der Waals surface area contributed by atoms with Gasteiger partial charge in [-0.15, -0.1) is 0 Å². The number of fused-ring (bicyclic) bond motifs is 1. The summed E-state index contributed by atoms with van der Waals surface area (Å²) in [5, 5.41) is 3.61. The molecule has 1 N–H and O–H groups in total. The van der Waals surface area contributed by atoms with Crippen molar-refractivity contribution in [2.75, 3.05) is 25.0 Å². The first-order chi connectivity index (χ1) is 15.5. The zero-order valence-corrected chi connectivity index (χ0v) is 18.1. The number of nitrogens with one attached hydrogen (secondary N) is 1. The minimum Gasteiger partial charge on any atom is -0.452 e. The summed E-state index contributed by atoms with van der Waals surface area (Å²) in [5.74, 6) is -1.24. The van der Waals surface area contributed by atoms with E-state index in [9.17, 15) is 14.4 Å². The third-order valence-electron chi connectivity index (χ3n) is 4.85. The lowest BCUT2D eigenvalue weighted by molar-refractivity contribution is -0.142. The van der Waals surface area contributed by atoms with E-state index in [1.54, 1.807) is 41.4 Å². The average molecular weight is 431 g/mol. The molecule has 7 nitrogen and oxygen atoms in total. The molecule has 7 heteroatoms. The summed E-state index contributed by atoms with van der Waals surface area (Å²) in [6.45, 7) is 4.58. The number of nitrogens with zero attached hydrogens (tertiary/aromatic N) is 2. The van der Waals surface area contributed by atoms with Gasteiger partial charge in [-0.3, -0.25) is 14.6 Å². The van der Waals surface area contributed by atoms with Gasteiger partial charge in [0.1, 0.15) is 0 Å². The van der Waals surface area contributed by atoms with Crippen LogP contribution in [0, 0.1) is 0 Å². The van der Waals surface area contributed by atoms with Crippen LogP contribution < -0.4 is 5.32 Å². The largest absolute Gasteiger partial charge is 0.452 e. The highest BCUT2D eigenvalue weighted by Gasteiger charge is 2.13. The summed E-state index contributed by atoms with van der Waals surface area (Å²) in [5.41, 5.74) is 2.49. The Balaban J connectivity index is 1.56. The zero-order valence-electron chi connectivity index (χ0n) is 18.1. The van der Waals surface area contributed by atoms with Crippen LogP contribution in [-0.4, -0.2) is 47.4 Å². The third kappa shape index (κ3) is 5.78. The summed E-state index contributed by atoms with van der Waals surface area (Å²) in [7, 11) is 0. The quantitative estimate of drug-likeness (QED) is 0.432. The fourth-order valence-corrected chi connectivity index (χ4v) is 3.23. The molecule has 2 amide bonds. The normalized spacial score (nSPS) is 10.8. The molecule has 3 rings (SSSR count). The number of aromatic nitrogens is 1. The van der Waals surface area contributed by atoms with Crippen molar-refractivity contribution in [1.29, 1.82) is 0 Å². The number of hydrogen-bond donors (Lipinski definition) is 1. The van der Waals surface area contributed by atoms with Crippen molar-refractivity contribution in [3.05, 3.63) is 78.0 Å². The molecule has 0 aliphatic rings. The maximum Gasteiger partial charge on any atom is 0.331 e. The van der Waals surface area contributed by atoms with Gasteiger partial charge in [0.25, 0.3) is 11.8 Å². The number of rotatable bonds is 8. The van der Waals surface area contributed by atoms with E-state index in [-0.39, 0.29) is 5.91 Å². The first-order valence-corrected chi connectivity index (χ1v) is 10.4. The third-order valence-corrected chi connectivity index (χ3v) is 4.85. The Morgan fingerprint density at radius 3 is 2.56 bits per heavy atom. The summed E-state index contributed by atoms with van der Waals surface area (Å²) >= 11 is 0. The monoisotopic (exact) mass is 431 g/mol. The van der Waals surface area contributed by atoms with Crippen LogP contribution in [0.15, 0.2) is 66.9 Å². The van der Waals surface area contributed by atoms with E-state index >= 15 is 0 Å². The molecule has 0 fully saturated rings. The molecule has 0 saturated carbocycles. The number of esters is 1. The van der Waals surface area contributed by atoms with Gasteiger partial charge in [-0.2, -0.15) is 0 Å². The molecule has 0 unspecified atom stereocenters. The van der Waals surface area contributed by atoms with Crippen molar-refractivity contribution < 1.29 is 19.1 Å². The minimum absolute atomic E-state index is 0.106. The second-order valence-corrected chi connectivity index (χ2v) is 6.97. The molecule has 0 atom stereocenters. The molecule has 0 aliphatic carbocycles. The molecule has 0 radical (unpaired) electrons. The van der Waals surface area contributed by atoms with Crippen molar-refractivity contribution in [3.8, 4) is 0 Å². The molecular weight excluding hydrogens is 406 g/mol. The lowest BCUT2D eigenvalue weighted by Crippen LogP contribution is -2.30. The molecule has 0 aliphatic heterocycles. The van der Waals surface area contributed by atoms with Crippen molar-refractivity contribution in [2.45, 2.75) is 13.8 Å². The number of hydrogen-bond acceptors (Lipinski definition) is 5. The van der Waals surface area contributed by atoms with Crippen molar-refractivity contribution in [3.63, 3.8) is 0 Å². The second-order valence-electron chi connectivity index (χ2n) is 6.97. The van der Waals surface area contributed by atoms with Crippen LogP contribution in [0.1, 0.15) is 29.8 Å². The maximum absolute atomic E-state index is 12.5. The first kappa shape index (κ1) is 22.7. The standard InChI is InChI=1S/C25H25N3O4/c1-3-28(4-2)25(31)20-10-6-12-21(16-20)27-22(29)17-32-23(30)14-13-19-9-5-8-18-11-7-15-26-24(18)19/h5-16H,3-4,17H2,1-2H3,(H,27,29)/b14-13+. The summed E-state index contributed by atoms with van der Waals surface area (Å²) in [4.78, 5) is 42.7. The van der Waals surface area contributed by atoms with E-state index in [4.69, 9.17) is 4.74 Å². The number of carbonyl (C=O) groups excluding carboxylic acids is 3. The van der Waals surface area contributed by atoms with Crippen LogP contribution in [0.5, 0.6) is 0 Å². The minimum atomic E-state index is -0.640. The topological polar surface area (TPSA) is 88.6 Å². The zero-order chi connectivity index (χ0) is 22.9. The fraction of sp³-hybridized carbons (Fsp3) is 0.200. The summed E-state index contributed by atoms with van der Waals surface area (Å²) < 4.78 is 5.03. The highest BCUT2D eigenvalue weighted by atomic mass is 16.5. The highest BCUT2D eigenvalue weighted by Crippen LogP contribution is 2.17. The van der Waals surface area contributed by atoms with E-state index in [2.05, 4.69) is 10.3 Å². The average Bonchev–Trinajstić information content (AvgIpc) is 2.82. The van der Waals surface area contributed by atoms with E-state index in [0.29, 0.717) is 24.3 Å². The number of pyridine rings is 1. The summed E-state index contributed by atoms with van der Waals surface area (Å²) in [6.07, 6.45) is 4.56. The number of ether oxygens (including phenoxy) is 1. The lowest BCUT2D eigenvalue weighted by Gasteiger charge is -2.19. The number of benzene rings is 2. The van der Waals surface area contributed by atoms with E-state index < -0.39 is 18.5 Å². The van der Waals surface area contributed by atoms with Crippen molar-refractivity contribution in [1.82, 2.24) is 9.88 Å². The summed E-state index contributed by atoms with van der Waals surface area (Å²) in [6, 6.07) is 16.1. The van der Waals surface area contributed by atoms with Gasteiger partial charge in [0, 0.05) is 47.6 Å². The van der Waals surface area contributed by atoms with Crippen LogP contribution in [0.4, 0.5) is 5.69 Å². The fourth-order valence-electron chi connectivity index (χ4n) is 3.23. The first-order valence-electron chi connectivity index (χ1n) is 10.4. The Morgan fingerprint density at radius 1 is 1.03 bits per heavy atom. The second kappa shape index (κ2) is 10.9. The van der Waals surface area contributed by atoms with Crippen molar-refractivity contribution >= 4 is 40.4 Å². The Kier molecular flexibility index (Phi) is 7.70. The van der Waals surface area contributed by atoms with Crippen LogP contribution in [0.3, 0.4) is 0 Å². The Morgan fingerprint density at radius 2 is 1.78 bits per heavy atom. The van der Waals surface area contributed by atoms with Gasteiger partial charge in [0.2, 0.25) is 0 Å². The van der Waals surface area contributed by atoms with Gasteiger partial charge in [-0.1, -0.05) is 30.3 Å². The van der Waals surface area contributed by atoms with Crippen LogP contribution in [-0.2, 0) is 14.3 Å². The van der Waals surface area contributed by atoms with Gasteiger partial charge in [0.15, 0.2) is 6.61 Å². The molecule has 0 spiro atoms. The molecule has 0 saturated heterocycles. The molecule has 1 heterocycles. The van der Waals surface area contributed by atoms with Crippen LogP contribution in [0.2, 0.25) is 0 Å². The van der Waals surface area contributed by atoms with Gasteiger partial charge < -0.3 is 15.0 Å². The molecule has 2 aromatic carbocycles. The van der Waals surface area contributed by atoms with E-state index in [1.165, 1.54) is 6.08 Å². The molecule has 3 aromatic rings. The van der Waals surface area contributed by atoms with E-state index in [0.717, 1.165) is 16.5 Å². The Bertz CT molecular complexity index is 1150. The highest BCUT2D eigenvalue weighted by molar-refractivity contribution is 5.98. The molecular formula is C25H25N3O4. The number of anilines is 1. The predicted octanol–water partition coefficient (Wildman–Crippen LogP) is 3.91.